The maximum Gasteiger partial charge on any atom is 0.357 e. The zero-order valence-electron chi connectivity index (χ0n) is 6.58. The summed E-state index contributed by atoms with van der Waals surface area (Å²) < 4.78 is 48.3. The first-order valence-electron chi connectivity index (χ1n) is 3.26. The molecule has 0 aliphatic heterocycles. The lowest BCUT2D eigenvalue weighted by molar-refractivity contribution is 0.434. The van der Waals surface area contributed by atoms with E-state index in [1.165, 1.54) is 6.92 Å². The van der Waals surface area contributed by atoms with Crippen molar-refractivity contribution in [2.45, 2.75) is 6.92 Å². The second-order valence-corrected chi connectivity index (χ2v) is 2.89. The fraction of sp³-hybridized carbons (Fsp3) is 0.143. The fourth-order valence-electron chi connectivity index (χ4n) is 0.778. The third-order valence-corrected chi connectivity index (χ3v) is 1.77. The van der Waals surface area contributed by atoms with E-state index >= 15 is 0 Å². The van der Waals surface area contributed by atoms with E-state index in [2.05, 4.69) is 4.18 Å². The third kappa shape index (κ3) is 2.22. The van der Waals surface area contributed by atoms with Gasteiger partial charge in [0.15, 0.2) is 11.6 Å². The lowest BCUT2D eigenvalue weighted by Crippen LogP contribution is -2.01. The molecule has 0 radical (unpaired) electrons. The Kier molecular flexibility index (Phi) is 2.94. The average Bonchev–Trinajstić information content (AvgIpc) is 2.06. The van der Waals surface area contributed by atoms with Crippen LogP contribution in [0.5, 0.6) is 5.75 Å². The van der Waals surface area contributed by atoms with Gasteiger partial charge in [0.2, 0.25) is 0 Å². The van der Waals surface area contributed by atoms with Crippen LogP contribution in [0.4, 0.5) is 8.78 Å². The average molecular weight is 208 g/mol. The van der Waals surface area contributed by atoms with E-state index in [-0.39, 0.29) is 5.56 Å². The van der Waals surface area contributed by atoms with Crippen molar-refractivity contribution in [1.29, 1.82) is 0 Å². The predicted molar refractivity (Wildman–Crippen MR) is 42.5 cm³/mol. The fourth-order valence-corrected chi connectivity index (χ4v) is 1.06. The zero-order chi connectivity index (χ0) is 10.0. The molecule has 1 rings (SSSR count). The Balaban J connectivity index is 3.10. The van der Waals surface area contributed by atoms with Gasteiger partial charge in [-0.1, -0.05) is 0 Å². The monoisotopic (exact) mass is 208 g/mol. The lowest BCUT2D eigenvalue weighted by Gasteiger charge is -2.04. The molecule has 1 N–H and O–H groups in total. The zero-order valence-corrected chi connectivity index (χ0v) is 7.40. The van der Waals surface area contributed by atoms with E-state index in [1.807, 2.05) is 0 Å². The van der Waals surface area contributed by atoms with Gasteiger partial charge in [-0.2, -0.15) is 4.21 Å². The maximum atomic E-state index is 13.0. The van der Waals surface area contributed by atoms with Gasteiger partial charge in [0, 0.05) is 5.56 Å². The first-order chi connectivity index (χ1) is 6.02. The molecule has 0 aliphatic rings. The first kappa shape index (κ1) is 10.1. The second-order valence-electron chi connectivity index (χ2n) is 2.28. The molecule has 0 saturated heterocycles. The topological polar surface area (TPSA) is 46.5 Å². The number of halogens is 2. The van der Waals surface area contributed by atoms with Crippen LogP contribution in [-0.4, -0.2) is 8.76 Å². The van der Waals surface area contributed by atoms with Gasteiger partial charge in [-0.25, -0.2) is 8.78 Å². The van der Waals surface area contributed by atoms with Gasteiger partial charge in [0.1, 0.15) is 5.82 Å². The van der Waals surface area contributed by atoms with Crippen LogP contribution >= 0.6 is 0 Å². The van der Waals surface area contributed by atoms with Crippen LogP contribution in [-0.2, 0) is 11.4 Å². The molecule has 0 amide bonds. The summed E-state index contributed by atoms with van der Waals surface area (Å²) in [6.07, 6.45) is 0. The Morgan fingerprint density at radius 1 is 1.46 bits per heavy atom. The Labute approximate surface area is 75.8 Å². The third-order valence-electron chi connectivity index (χ3n) is 1.45. The van der Waals surface area contributed by atoms with Crippen molar-refractivity contribution in [1.82, 2.24) is 0 Å². The molecule has 0 bridgehead atoms. The van der Waals surface area contributed by atoms with Crippen molar-refractivity contribution in [2.24, 2.45) is 0 Å². The van der Waals surface area contributed by atoms with Gasteiger partial charge < -0.3 is 4.18 Å². The SMILES string of the molecule is Cc1c(F)ccc(OS(=O)O)c1F. The molecule has 0 aliphatic carbocycles. The summed E-state index contributed by atoms with van der Waals surface area (Å²) in [6.45, 7) is 1.21. The number of rotatable bonds is 2. The minimum atomic E-state index is -2.60. The highest BCUT2D eigenvalue weighted by molar-refractivity contribution is 7.74. The van der Waals surface area contributed by atoms with Crippen LogP contribution < -0.4 is 4.18 Å². The Morgan fingerprint density at radius 2 is 2.08 bits per heavy atom. The minimum Gasteiger partial charge on any atom is -0.377 e. The van der Waals surface area contributed by atoms with Crippen LogP contribution in [0.2, 0.25) is 0 Å². The van der Waals surface area contributed by atoms with Gasteiger partial charge in [0.25, 0.3) is 0 Å². The molecule has 72 valence electrons. The highest BCUT2D eigenvalue weighted by atomic mass is 32.2. The van der Waals surface area contributed by atoms with E-state index in [4.69, 9.17) is 4.55 Å². The molecule has 0 heterocycles. The van der Waals surface area contributed by atoms with Gasteiger partial charge in [-0.3, -0.25) is 4.55 Å². The lowest BCUT2D eigenvalue weighted by atomic mass is 10.2. The Morgan fingerprint density at radius 3 is 2.62 bits per heavy atom. The Hall–Kier alpha value is -1.01. The molecule has 1 aromatic rings. The smallest absolute Gasteiger partial charge is 0.357 e. The van der Waals surface area contributed by atoms with Crippen molar-refractivity contribution in [2.75, 3.05) is 0 Å². The quantitative estimate of drug-likeness (QED) is 0.753. The van der Waals surface area contributed by atoms with Gasteiger partial charge >= 0.3 is 11.4 Å². The molecule has 0 spiro atoms. The van der Waals surface area contributed by atoms with Crippen molar-refractivity contribution in [3.05, 3.63) is 29.3 Å². The summed E-state index contributed by atoms with van der Waals surface area (Å²) in [6, 6.07) is 1.91. The molecule has 1 atom stereocenters. The van der Waals surface area contributed by atoms with E-state index in [0.29, 0.717) is 0 Å². The standard InChI is InChI=1S/C7H6F2O3S/c1-4-5(8)2-3-6(7(4)9)12-13(10)11/h2-3H,1H3,(H,10,11). The largest absolute Gasteiger partial charge is 0.377 e. The summed E-state index contributed by atoms with van der Waals surface area (Å²) >= 11 is -2.60. The molecule has 0 fully saturated rings. The summed E-state index contributed by atoms with van der Waals surface area (Å²) in [5, 5.41) is 0. The van der Waals surface area contributed by atoms with Crippen molar-refractivity contribution >= 4 is 11.4 Å². The molecule has 1 unspecified atom stereocenters. The van der Waals surface area contributed by atoms with E-state index < -0.39 is 28.7 Å². The van der Waals surface area contributed by atoms with E-state index in [0.717, 1.165) is 12.1 Å². The van der Waals surface area contributed by atoms with Crippen LogP contribution in [0.3, 0.4) is 0 Å². The van der Waals surface area contributed by atoms with E-state index in [9.17, 15) is 13.0 Å². The molecular weight excluding hydrogens is 202 g/mol. The molecule has 0 saturated carbocycles. The summed E-state index contributed by atoms with van der Waals surface area (Å²) in [5.41, 5.74) is -0.247. The first-order valence-corrected chi connectivity index (χ1v) is 4.29. The predicted octanol–water partition coefficient (Wildman–Crippen LogP) is 1.79. The van der Waals surface area contributed by atoms with Crippen LogP contribution in [0.15, 0.2) is 12.1 Å². The van der Waals surface area contributed by atoms with Crippen LogP contribution in [0, 0.1) is 18.6 Å². The van der Waals surface area contributed by atoms with Crippen LogP contribution in [0.25, 0.3) is 0 Å². The normalized spacial score (nSPS) is 12.6. The van der Waals surface area contributed by atoms with Crippen LogP contribution in [0.1, 0.15) is 5.56 Å². The highest BCUT2D eigenvalue weighted by Gasteiger charge is 2.12. The molecular formula is C7H6F2O3S. The highest BCUT2D eigenvalue weighted by Crippen LogP contribution is 2.22. The van der Waals surface area contributed by atoms with Crippen molar-refractivity contribution < 1.29 is 21.7 Å². The van der Waals surface area contributed by atoms with Crippen molar-refractivity contribution in [3.63, 3.8) is 0 Å². The molecule has 13 heavy (non-hydrogen) atoms. The molecule has 6 heteroatoms. The minimum absolute atomic E-state index is 0.247. The number of benzene rings is 1. The van der Waals surface area contributed by atoms with Gasteiger partial charge in [0.05, 0.1) is 0 Å². The summed E-state index contributed by atoms with van der Waals surface area (Å²) in [7, 11) is 0. The number of hydrogen-bond donors (Lipinski definition) is 1. The Bertz CT molecular complexity index is 354. The van der Waals surface area contributed by atoms with Gasteiger partial charge in [-0.15, -0.1) is 0 Å². The van der Waals surface area contributed by atoms with Gasteiger partial charge in [-0.05, 0) is 19.1 Å². The number of hydrogen-bond acceptors (Lipinski definition) is 2. The van der Waals surface area contributed by atoms with E-state index in [1.54, 1.807) is 0 Å². The molecule has 0 aromatic heterocycles. The van der Waals surface area contributed by atoms with Crippen molar-refractivity contribution in [3.8, 4) is 5.75 Å². The molecule has 1 aromatic carbocycles. The summed E-state index contributed by atoms with van der Waals surface area (Å²) in [4.78, 5) is 0. The summed E-state index contributed by atoms with van der Waals surface area (Å²) in [5.74, 6) is -2.14. The second kappa shape index (κ2) is 3.80. The maximum absolute atomic E-state index is 13.0. The molecule has 3 nitrogen and oxygen atoms in total.